The van der Waals surface area contributed by atoms with Gasteiger partial charge in [-0.3, -0.25) is 14.5 Å². The number of carbonyl (C=O) groups excluding carboxylic acids is 1. The summed E-state index contributed by atoms with van der Waals surface area (Å²) >= 11 is 0. The van der Waals surface area contributed by atoms with Crippen LogP contribution in [0.25, 0.3) is 0 Å². The molecule has 2 saturated heterocycles. The molecule has 0 spiro atoms. The van der Waals surface area contributed by atoms with E-state index >= 15 is 0 Å². The zero-order chi connectivity index (χ0) is 23.7. The van der Waals surface area contributed by atoms with Gasteiger partial charge in [0, 0.05) is 30.7 Å². The molecular formula is C29H39N3O2. The minimum atomic E-state index is -0.161. The van der Waals surface area contributed by atoms with E-state index in [0.717, 1.165) is 36.6 Å². The molecule has 3 aliphatic rings. The largest absolute Gasteiger partial charge is 0.314 e. The number of piperidine rings is 2. The van der Waals surface area contributed by atoms with Gasteiger partial charge in [-0.1, -0.05) is 50.2 Å². The van der Waals surface area contributed by atoms with Crippen LogP contribution >= 0.6 is 0 Å². The summed E-state index contributed by atoms with van der Waals surface area (Å²) in [6.45, 7) is 10.2. The Morgan fingerprint density at radius 2 is 2.00 bits per heavy atom. The molecule has 0 bridgehead atoms. The number of amides is 1. The van der Waals surface area contributed by atoms with Crippen molar-refractivity contribution in [3.63, 3.8) is 0 Å². The van der Waals surface area contributed by atoms with E-state index < -0.39 is 0 Å². The highest BCUT2D eigenvalue weighted by Gasteiger charge is 2.39. The summed E-state index contributed by atoms with van der Waals surface area (Å²) in [6.07, 6.45) is 4.85. The maximum Gasteiger partial charge on any atom is 0.278 e. The minimum Gasteiger partial charge on any atom is -0.314 e. The molecule has 0 aliphatic carbocycles. The van der Waals surface area contributed by atoms with Crippen LogP contribution in [0.5, 0.6) is 0 Å². The third-order valence-electron chi connectivity index (χ3n) is 7.91. The molecule has 0 unspecified atom stereocenters. The van der Waals surface area contributed by atoms with E-state index in [1.165, 1.54) is 36.9 Å². The molecule has 2 aromatic rings. The molecule has 0 saturated carbocycles. The Balaban J connectivity index is 1.38. The van der Waals surface area contributed by atoms with Gasteiger partial charge in [0.15, 0.2) is 0 Å². The lowest BCUT2D eigenvalue weighted by molar-refractivity contribution is -0.154. The van der Waals surface area contributed by atoms with E-state index in [4.69, 9.17) is 4.84 Å². The summed E-state index contributed by atoms with van der Waals surface area (Å²) < 4.78 is 0. The maximum absolute atomic E-state index is 13.7. The first-order valence-electron chi connectivity index (χ1n) is 13.1. The standard InChI is InChI=1S/C29H39N3O2/c1-20(2)19-34-32(21(3)22-8-5-4-6-9-22)29(33)24-11-12-26-23(16-24)13-15-31-18-25-10-7-14-30-27(25)17-28(26)31/h4-6,8-9,11-12,16,20-21,25,27-28,30H,7,10,13-15,17-19H2,1-3H3/t21-,25-,27+,28+/m1/s1. The fraction of sp³-hybridized carbons (Fsp3) is 0.552. The zero-order valence-corrected chi connectivity index (χ0v) is 20.9. The van der Waals surface area contributed by atoms with Gasteiger partial charge in [0.25, 0.3) is 5.91 Å². The summed E-state index contributed by atoms with van der Waals surface area (Å²) in [5, 5.41) is 5.36. The van der Waals surface area contributed by atoms with Crippen molar-refractivity contribution in [2.24, 2.45) is 11.8 Å². The fourth-order valence-corrected chi connectivity index (χ4v) is 6.02. The number of fused-ring (bicyclic) bond motifs is 4. The van der Waals surface area contributed by atoms with Crippen LogP contribution in [0.3, 0.4) is 0 Å². The number of hydroxylamine groups is 2. The maximum atomic E-state index is 13.7. The van der Waals surface area contributed by atoms with Crippen LogP contribution in [0.15, 0.2) is 48.5 Å². The minimum absolute atomic E-state index is 0.0557. The number of benzene rings is 2. The monoisotopic (exact) mass is 461 g/mol. The number of carbonyl (C=O) groups is 1. The van der Waals surface area contributed by atoms with Gasteiger partial charge in [-0.2, -0.15) is 0 Å². The Morgan fingerprint density at radius 1 is 1.18 bits per heavy atom. The lowest BCUT2D eigenvalue weighted by Gasteiger charge is -2.49. The summed E-state index contributed by atoms with van der Waals surface area (Å²) in [6, 6.07) is 17.5. The third-order valence-corrected chi connectivity index (χ3v) is 7.91. The van der Waals surface area contributed by atoms with Gasteiger partial charge in [0.1, 0.15) is 0 Å². The number of hydrogen-bond acceptors (Lipinski definition) is 4. The predicted octanol–water partition coefficient (Wildman–Crippen LogP) is 5.15. The van der Waals surface area contributed by atoms with Crippen molar-refractivity contribution in [3.05, 3.63) is 70.8 Å². The number of nitrogens with zero attached hydrogens (tertiary/aromatic N) is 2. The van der Waals surface area contributed by atoms with E-state index in [1.54, 1.807) is 5.06 Å². The van der Waals surface area contributed by atoms with Crippen molar-refractivity contribution in [2.45, 2.75) is 64.6 Å². The number of rotatable bonds is 6. The van der Waals surface area contributed by atoms with E-state index in [-0.39, 0.29) is 11.9 Å². The molecule has 4 atom stereocenters. The molecule has 3 heterocycles. The Hall–Kier alpha value is -2.21. The quantitative estimate of drug-likeness (QED) is 0.605. The highest BCUT2D eigenvalue weighted by molar-refractivity contribution is 5.94. The third kappa shape index (κ3) is 4.79. The lowest BCUT2D eigenvalue weighted by Crippen LogP contribution is -2.54. The normalized spacial score (nSPS) is 25.2. The summed E-state index contributed by atoms with van der Waals surface area (Å²) in [4.78, 5) is 22.5. The Bertz CT molecular complexity index is 992. The molecule has 0 aromatic heterocycles. The van der Waals surface area contributed by atoms with Gasteiger partial charge < -0.3 is 5.32 Å². The second kappa shape index (κ2) is 10.2. The molecule has 3 aliphatic heterocycles. The van der Waals surface area contributed by atoms with Crippen molar-refractivity contribution in [1.29, 1.82) is 0 Å². The lowest BCUT2D eigenvalue weighted by atomic mass is 9.77. The first-order chi connectivity index (χ1) is 16.5. The van der Waals surface area contributed by atoms with Crippen LogP contribution < -0.4 is 5.32 Å². The van der Waals surface area contributed by atoms with Gasteiger partial charge in [-0.25, -0.2) is 5.06 Å². The van der Waals surface area contributed by atoms with E-state index in [9.17, 15) is 4.79 Å². The highest BCUT2D eigenvalue weighted by Crippen LogP contribution is 2.41. The molecule has 2 fully saturated rings. The molecule has 182 valence electrons. The predicted molar refractivity (Wildman–Crippen MR) is 135 cm³/mol. The van der Waals surface area contributed by atoms with Gasteiger partial charge >= 0.3 is 0 Å². The molecule has 5 heteroatoms. The molecule has 2 aromatic carbocycles. The molecule has 34 heavy (non-hydrogen) atoms. The summed E-state index contributed by atoms with van der Waals surface area (Å²) in [5.74, 6) is 1.08. The molecule has 5 rings (SSSR count). The van der Waals surface area contributed by atoms with Crippen molar-refractivity contribution in [2.75, 3.05) is 26.2 Å². The van der Waals surface area contributed by atoms with Crippen LogP contribution in [0.1, 0.15) is 79.2 Å². The zero-order valence-electron chi connectivity index (χ0n) is 20.9. The van der Waals surface area contributed by atoms with Gasteiger partial charge in [0.2, 0.25) is 0 Å². The molecule has 5 nitrogen and oxygen atoms in total. The average molecular weight is 462 g/mol. The second-order valence-electron chi connectivity index (χ2n) is 10.8. The van der Waals surface area contributed by atoms with Crippen LogP contribution in [0.4, 0.5) is 0 Å². The Kier molecular flexibility index (Phi) is 7.05. The van der Waals surface area contributed by atoms with E-state index in [0.29, 0.717) is 24.6 Å². The second-order valence-corrected chi connectivity index (χ2v) is 10.8. The molecule has 0 radical (unpaired) electrons. The first-order valence-corrected chi connectivity index (χ1v) is 13.1. The first kappa shape index (κ1) is 23.5. The fourth-order valence-electron chi connectivity index (χ4n) is 6.02. The van der Waals surface area contributed by atoms with Gasteiger partial charge in [-0.15, -0.1) is 0 Å². The molecule has 1 amide bonds. The van der Waals surface area contributed by atoms with Crippen LogP contribution in [-0.2, 0) is 11.3 Å². The van der Waals surface area contributed by atoms with Crippen molar-refractivity contribution >= 4 is 5.91 Å². The Labute approximate surface area is 204 Å². The van der Waals surface area contributed by atoms with E-state index in [2.05, 4.69) is 48.3 Å². The van der Waals surface area contributed by atoms with Gasteiger partial charge in [-0.05, 0) is 79.8 Å². The SMILES string of the molecule is CC(C)CON(C(=O)c1ccc2c(c1)CCN1C[C@H]3CCCN[C@H]3C[C@@H]21)[C@H](C)c1ccccc1. The molecular weight excluding hydrogens is 422 g/mol. The average Bonchev–Trinajstić information content (AvgIpc) is 2.87. The molecule has 1 N–H and O–H groups in total. The van der Waals surface area contributed by atoms with Crippen LogP contribution in [-0.4, -0.2) is 48.2 Å². The topological polar surface area (TPSA) is 44.8 Å². The van der Waals surface area contributed by atoms with Crippen molar-refractivity contribution in [3.8, 4) is 0 Å². The van der Waals surface area contributed by atoms with Crippen LogP contribution in [0.2, 0.25) is 0 Å². The van der Waals surface area contributed by atoms with Gasteiger partial charge in [0.05, 0.1) is 12.6 Å². The summed E-state index contributed by atoms with van der Waals surface area (Å²) in [7, 11) is 0. The smallest absolute Gasteiger partial charge is 0.278 e. The Morgan fingerprint density at radius 3 is 2.79 bits per heavy atom. The number of nitrogens with one attached hydrogen (secondary N) is 1. The highest BCUT2D eigenvalue weighted by atomic mass is 16.7. The van der Waals surface area contributed by atoms with Crippen LogP contribution in [0, 0.1) is 11.8 Å². The number of hydrogen-bond donors (Lipinski definition) is 1. The van der Waals surface area contributed by atoms with E-state index in [1.807, 2.05) is 31.2 Å². The van der Waals surface area contributed by atoms with Crippen molar-refractivity contribution in [1.82, 2.24) is 15.3 Å². The summed E-state index contributed by atoms with van der Waals surface area (Å²) in [5.41, 5.74) is 4.55. The van der Waals surface area contributed by atoms with Crippen molar-refractivity contribution < 1.29 is 9.63 Å².